The third-order valence-corrected chi connectivity index (χ3v) is 4.09. The highest BCUT2D eigenvalue weighted by Gasteiger charge is 2.19. The van der Waals surface area contributed by atoms with Crippen molar-refractivity contribution < 1.29 is 4.79 Å². The molecule has 1 unspecified atom stereocenters. The Morgan fingerprint density at radius 2 is 1.96 bits per heavy atom. The van der Waals surface area contributed by atoms with E-state index in [0.717, 1.165) is 30.4 Å². The van der Waals surface area contributed by atoms with E-state index in [-0.39, 0.29) is 5.91 Å². The molecular formula is C17H22N6O. The number of amides is 1. The highest BCUT2D eigenvalue weighted by molar-refractivity contribution is 5.82. The number of carbonyl (C=O) groups excluding carboxylic acids is 1. The van der Waals surface area contributed by atoms with Gasteiger partial charge in [0.1, 0.15) is 5.82 Å². The van der Waals surface area contributed by atoms with E-state index in [1.807, 2.05) is 13.0 Å². The van der Waals surface area contributed by atoms with Crippen molar-refractivity contribution in [1.29, 1.82) is 0 Å². The topological polar surface area (TPSA) is 83.9 Å². The molecule has 1 saturated heterocycles. The molecule has 7 nitrogen and oxygen atoms in total. The van der Waals surface area contributed by atoms with Crippen LogP contribution in [0.1, 0.15) is 42.9 Å². The van der Waals surface area contributed by atoms with Crippen molar-refractivity contribution in [1.82, 2.24) is 25.3 Å². The lowest BCUT2D eigenvalue weighted by Crippen LogP contribution is -2.29. The first-order valence-electron chi connectivity index (χ1n) is 8.27. The van der Waals surface area contributed by atoms with Gasteiger partial charge in [-0.15, -0.1) is 0 Å². The van der Waals surface area contributed by atoms with Crippen LogP contribution in [-0.4, -0.2) is 38.9 Å². The molecule has 1 aliphatic heterocycles. The van der Waals surface area contributed by atoms with Gasteiger partial charge in [-0.25, -0.2) is 19.9 Å². The number of hydrogen-bond acceptors (Lipinski definition) is 6. The highest BCUT2D eigenvalue weighted by Crippen LogP contribution is 2.17. The summed E-state index contributed by atoms with van der Waals surface area (Å²) >= 11 is 0. The molecule has 0 spiro atoms. The first-order chi connectivity index (χ1) is 11.6. The van der Waals surface area contributed by atoms with Gasteiger partial charge in [0.05, 0.1) is 18.2 Å². The molecule has 0 aliphatic carbocycles. The van der Waals surface area contributed by atoms with E-state index >= 15 is 0 Å². The summed E-state index contributed by atoms with van der Waals surface area (Å²) in [4.78, 5) is 31.8. The van der Waals surface area contributed by atoms with Gasteiger partial charge >= 0.3 is 0 Å². The molecule has 7 heteroatoms. The fraction of sp³-hybridized carbons (Fsp3) is 0.471. The van der Waals surface area contributed by atoms with Crippen molar-refractivity contribution in [2.45, 2.75) is 39.2 Å². The lowest BCUT2D eigenvalue weighted by Gasteiger charge is -2.17. The number of nitrogens with one attached hydrogen (secondary N) is 1. The minimum absolute atomic E-state index is 0.111. The van der Waals surface area contributed by atoms with Gasteiger partial charge in [-0.05, 0) is 38.8 Å². The number of anilines is 1. The SMILES string of the molecule is Cc1cc(CNC(=O)C(C)c2ncccn2)nc(N2CCCC2)n1. The second-order valence-electron chi connectivity index (χ2n) is 6.04. The average molecular weight is 326 g/mol. The van der Waals surface area contributed by atoms with Crippen LogP contribution >= 0.6 is 0 Å². The van der Waals surface area contributed by atoms with Gasteiger partial charge in [-0.3, -0.25) is 4.79 Å². The lowest BCUT2D eigenvalue weighted by atomic mass is 10.1. The van der Waals surface area contributed by atoms with E-state index in [1.165, 1.54) is 12.8 Å². The van der Waals surface area contributed by atoms with Crippen LogP contribution in [0.5, 0.6) is 0 Å². The van der Waals surface area contributed by atoms with Crippen LogP contribution in [0, 0.1) is 6.92 Å². The Kier molecular flexibility index (Phi) is 4.98. The van der Waals surface area contributed by atoms with Gasteiger partial charge in [-0.1, -0.05) is 0 Å². The maximum absolute atomic E-state index is 12.3. The quantitative estimate of drug-likeness (QED) is 0.898. The molecule has 0 aromatic carbocycles. The lowest BCUT2D eigenvalue weighted by molar-refractivity contribution is -0.122. The zero-order valence-corrected chi connectivity index (χ0v) is 14.1. The molecule has 1 amide bonds. The van der Waals surface area contributed by atoms with Gasteiger partial charge < -0.3 is 10.2 Å². The van der Waals surface area contributed by atoms with Crippen molar-refractivity contribution in [2.75, 3.05) is 18.0 Å². The second kappa shape index (κ2) is 7.33. The van der Waals surface area contributed by atoms with Crippen LogP contribution in [-0.2, 0) is 11.3 Å². The third kappa shape index (κ3) is 3.84. The Morgan fingerprint density at radius 1 is 1.25 bits per heavy atom. The Labute approximate surface area is 141 Å². The van der Waals surface area contributed by atoms with Crippen LogP contribution < -0.4 is 10.2 Å². The van der Waals surface area contributed by atoms with Crippen molar-refractivity contribution in [3.05, 3.63) is 41.7 Å². The molecule has 24 heavy (non-hydrogen) atoms. The van der Waals surface area contributed by atoms with E-state index in [1.54, 1.807) is 25.4 Å². The molecule has 3 rings (SSSR count). The van der Waals surface area contributed by atoms with E-state index in [4.69, 9.17) is 0 Å². The van der Waals surface area contributed by atoms with Crippen molar-refractivity contribution in [3.8, 4) is 0 Å². The van der Waals surface area contributed by atoms with E-state index in [2.05, 4.69) is 30.2 Å². The predicted molar refractivity (Wildman–Crippen MR) is 90.5 cm³/mol. The Hall–Kier alpha value is -2.57. The minimum atomic E-state index is -0.396. The van der Waals surface area contributed by atoms with Gasteiger partial charge in [0.15, 0.2) is 0 Å². The number of rotatable bonds is 5. The summed E-state index contributed by atoms with van der Waals surface area (Å²) in [6.45, 7) is 6.12. The largest absolute Gasteiger partial charge is 0.350 e. The van der Waals surface area contributed by atoms with Gasteiger partial charge in [0.25, 0.3) is 0 Å². The number of carbonyl (C=O) groups is 1. The van der Waals surface area contributed by atoms with Gasteiger partial charge in [-0.2, -0.15) is 0 Å². The number of hydrogen-bond donors (Lipinski definition) is 1. The van der Waals surface area contributed by atoms with Crippen molar-refractivity contribution in [2.24, 2.45) is 0 Å². The molecule has 1 atom stereocenters. The molecule has 3 heterocycles. The number of nitrogens with zero attached hydrogens (tertiary/aromatic N) is 5. The summed E-state index contributed by atoms with van der Waals surface area (Å²) in [6, 6.07) is 3.64. The van der Waals surface area contributed by atoms with Crippen LogP contribution in [0.25, 0.3) is 0 Å². The third-order valence-electron chi connectivity index (χ3n) is 4.09. The zero-order valence-electron chi connectivity index (χ0n) is 14.1. The molecule has 1 N–H and O–H groups in total. The smallest absolute Gasteiger partial charge is 0.230 e. The summed E-state index contributed by atoms with van der Waals surface area (Å²) in [5.41, 5.74) is 1.73. The van der Waals surface area contributed by atoms with Crippen molar-refractivity contribution >= 4 is 11.9 Å². The Bertz CT molecular complexity index is 699. The number of aromatic nitrogens is 4. The molecular weight excluding hydrogens is 304 g/mol. The standard InChI is InChI=1S/C17H22N6O/c1-12-10-14(22-17(21-12)23-8-3-4-9-23)11-20-16(24)13(2)15-18-6-5-7-19-15/h5-7,10,13H,3-4,8-9,11H2,1-2H3,(H,20,24). The number of aryl methyl sites for hydroxylation is 1. The fourth-order valence-corrected chi connectivity index (χ4v) is 2.75. The van der Waals surface area contributed by atoms with Gasteiger partial charge in [0, 0.05) is 31.2 Å². The summed E-state index contributed by atoms with van der Waals surface area (Å²) in [7, 11) is 0. The Morgan fingerprint density at radius 3 is 2.67 bits per heavy atom. The normalized spacial score (nSPS) is 15.3. The van der Waals surface area contributed by atoms with Crippen molar-refractivity contribution in [3.63, 3.8) is 0 Å². The van der Waals surface area contributed by atoms with E-state index in [9.17, 15) is 4.79 Å². The summed E-state index contributed by atoms with van der Waals surface area (Å²) < 4.78 is 0. The summed E-state index contributed by atoms with van der Waals surface area (Å²) in [6.07, 6.45) is 5.64. The van der Waals surface area contributed by atoms with Gasteiger partial charge in [0.2, 0.25) is 11.9 Å². The van der Waals surface area contributed by atoms with Crippen LogP contribution in [0.4, 0.5) is 5.95 Å². The maximum atomic E-state index is 12.3. The van der Waals surface area contributed by atoms with Crippen LogP contribution in [0.2, 0.25) is 0 Å². The predicted octanol–water partition coefficient (Wildman–Crippen LogP) is 1.60. The second-order valence-corrected chi connectivity index (χ2v) is 6.04. The zero-order chi connectivity index (χ0) is 16.9. The molecule has 126 valence electrons. The Balaban J connectivity index is 1.64. The molecule has 1 fully saturated rings. The summed E-state index contributed by atoms with van der Waals surface area (Å²) in [5, 5.41) is 2.91. The summed E-state index contributed by atoms with van der Waals surface area (Å²) in [5.74, 6) is 0.773. The molecule has 0 radical (unpaired) electrons. The van der Waals surface area contributed by atoms with Crippen LogP contribution in [0.15, 0.2) is 24.5 Å². The maximum Gasteiger partial charge on any atom is 0.230 e. The molecule has 2 aromatic rings. The van der Waals surface area contributed by atoms with Crippen LogP contribution in [0.3, 0.4) is 0 Å². The fourth-order valence-electron chi connectivity index (χ4n) is 2.75. The monoisotopic (exact) mass is 326 g/mol. The highest BCUT2D eigenvalue weighted by atomic mass is 16.1. The molecule has 1 aliphatic rings. The van der Waals surface area contributed by atoms with E-state index in [0.29, 0.717) is 12.4 Å². The molecule has 0 bridgehead atoms. The minimum Gasteiger partial charge on any atom is -0.350 e. The van der Waals surface area contributed by atoms with E-state index < -0.39 is 5.92 Å². The molecule has 2 aromatic heterocycles. The first kappa shape index (κ1) is 16.3. The molecule has 0 saturated carbocycles. The average Bonchev–Trinajstić information content (AvgIpc) is 3.14. The first-order valence-corrected chi connectivity index (χ1v) is 8.27.